The summed E-state index contributed by atoms with van der Waals surface area (Å²) in [6.45, 7) is 2.91. The minimum Gasteiger partial charge on any atom is -0.330 e. The van der Waals surface area contributed by atoms with Gasteiger partial charge in [0.15, 0.2) is 0 Å². The van der Waals surface area contributed by atoms with E-state index in [4.69, 9.17) is 5.73 Å². The van der Waals surface area contributed by atoms with Crippen molar-refractivity contribution in [1.29, 1.82) is 0 Å². The van der Waals surface area contributed by atoms with E-state index in [0.29, 0.717) is 0 Å². The summed E-state index contributed by atoms with van der Waals surface area (Å²) in [5.74, 6) is -2.90. The van der Waals surface area contributed by atoms with E-state index in [0.717, 1.165) is 4.90 Å². The normalized spacial score (nSPS) is 12.9. The molecule has 1 rings (SSSR count). The van der Waals surface area contributed by atoms with Crippen molar-refractivity contribution in [3.05, 3.63) is 29.8 Å². The van der Waals surface area contributed by atoms with Crippen LogP contribution in [-0.4, -0.2) is 12.8 Å². The first-order chi connectivity index (χ1) is 7.35. The molecule has 0 amide bonds. The number of alkyl halides is 2. The lowest BCUT2D eigenvalue weighted by Gasteiger charge is -2.33. The van der Waals surface area contributed by atoms with Gasteiger partial charge < -0.3 is 5.73 Å². The Bertz CT molecular complexity index is 347. The van der Waals surface area contributed by atoms with E-state index in [1.807, 2.05) is 6.26 Å². The summed E-state index contributed by atoms with van der Waals surface area (Å²) in [6.07, 6.45) is 1.91. The number of benzene rings is 1. The van der Waals surface area contributed by atoms with E-state index in [1.165, 1.54) is 37.7 Å². The largest absolute Gasteiger partial charge is 0.330 e. The Hall–Kier alpha value is -0.610. The van der Waals surface area contributed by atoms with Crippen LogP contribution in [-0.2, 0) is 5.92 Å². The molecule has 0 saturated heterocycles. The van der Waals surface area contributed by atoms with Crippen molar-refractivity contribution in [3.8, 4) is 0 Å². The highest BCUT2D eigenvalue weighted by Crippen LogP contribution is 2.44. The number of nitrogens with two attached hydrogens (primary N) is 1. The molecule has 1 nitrogen and oxygen atoms in total. The molecule has 0 unspecified atom stereocenters. The second kappa shape index (κ2) is 4.72. The van der Waals surface area contributed by atoms with Crippen LogP contribution in [0, 0.1) is 5.41 Å². The maximum atomic E-state index is 14.1. The van der Waals surface area contributed by atoms with Gasteiger partial charge in [-0.2, -0.15) is 0 Å². The number of halogens is 2. The predicted molar refractivity (Wildman–Crippen MR) is 65.0 cm³/mol. The average molecular weight is 245 g/mol. The minimum absolute atomic E-state index is 0.0285. The third kappa shape index (κ3) is 2.38. The quantitative estimate of drug-likeness (QED) is 0.822. The highest BCUT2D eigenvalue weighted by Gasteiger charge is 2.46. The molecule has 16 heavy (non-hydrogen) atoms. The van der Waals surface area contributed by atoms with Crippen molar-refractivity contribution >= 4 is 11.8 Å². The van der Waals surface area contributed by atoms with Crippen LogP contribution in [0.4, 0.5) is 8.78 Å². The summed E-state index contributed by atoms with van der Waals surface area (Å²) in [4.78, 5) is 0.977. The molecule has 0 fully saturated rings. The molecule has 90 valence electrons. The number of thioether (sulfide) groups is 1. The molecule has 0 spiro atoms. The fraction of sp³-hybridized carbons (Fsp3) is 0.500. The zero-order valence-corrected chi connectivity index (χ0v) is 10.6. The Balaban J connectivity index is 3.07. The van der Waals surface area contributed by atoms with E-state index in [1.54, 1.807) is 12.1 Å². The zero-order chi connectivity index (χ0) is 12.4. The molecular formula is C12H17F2NS. The Kier molecular flexibility index (Phi) is 3.97. The van der Waals surface area contributed by atoms with Gasteiger partial charge in [0.1, 0.15) is 0 Å². The lowest BCUT2D eigenvalue weighted by molar-refractivity contribution is -0.108. The van der Waals surface area contributed by atoms with Crippen LogP contribution >= 0.6 is 11.8 Å². The fourth-order valence-corrected chi connectivity index (χ4v) is 1.73. The van der Waals surface area contributed by atoms with Crippen molar-refractivity contribution in [2.24, 2.45) is 11.1 Å². The zero-order valence-electron chi connectivity index (χ0n) is 9.76. The number of hydrogen-bond donors (Lipinski definition) is 1. The van der Waals surface area contributed by atoms with Gasteiger partial charge in [-0.05, 0) is 18.4 Å². The van der Waals surface area contributed by atoms with Crippen LogP contribution in [0.3, 0.4) is 0 Å². The van der Waals surface area contributed by atoms with Crippen molar-refractivity contribution < 1.29 is 8.78 Å². The minimum atomic E-state index is -2.90. The maximum absolute atomic E-state index is 14.1. The Morgan fingerprint density at radius 3 is 2.06 bits per heavy atom. The molecule has 0 heterocycles. The lowest BCUT2D eigenvalue weighted by Crippen LogP contribution is -2.40. The summed E-state index contributed by atoms with van der Waals surface area (Å²) in [7, 11) is 0. The van der Waals surface area contributed by atoms with Gasteiger partial charge >= 0.3 is 0 Å². The van der Waals surface area contributed by atoms with Crippen molar-refractivity contribution in [1.82, 2.24) is 0 Å². The van der Waals surface area contributed by atoms with E-state index in [-0.39, 0.29) is 12.1 Å². The second-order valence-electron chi connectivity index (χ2n) is 4.39. The van der Waals surface area contributed by atoms with Crippen molar-refractivity contribution in [2.75, 3.05) is 12.8 Å². The summed E-state index contributed by atoms with van der Waals surface area (Å²) in [5.41, 5.74) is 4.20. The Labute approximate surface area is 99.4 Å². The first kappa shape index (κ1) is 13.5. The average Bonchev–Trinajstić information content (AvgIpc) is 2.29. The molecule has 4 heteroatoms. The van der Waals surface area contributed by atoms with E-state index in [9.17, 15) is 8.78 Å². The van der Waals surface area contributed by atoms with Gasteiger partial charge in [0.25, 0.3) is 5.92 Å². The molecule has 2 N–H and O–H groups in total. The van der Waals surface area contributed by atoms with Crippen LogP contribution in [0.15, 0.2) is 29.2 Å². The molecule has 0 radical (unpaired) electrons. The molecule has 0 aromatic heterocycles. The molecule has 0 saturated carbocycles. The van der Waals surface area contributed by atoms with E-state index < -0.39 is 11.3 Å². The molecule has 1 aromatic carbocycles. The monoisotopic (exact) mass is 245 g/mol. The molecule has 1 aromatic rings. The van der Waals surface area contributed by atoms with E-state index >= 15 is 0 Å². The standard InChI is InChI=1S/C12H17F2NS/c1-11(2,8-15)12(13,14)9-4-6-10(16-3)7-5-9/h4-7H,8,15H2,1-3H3. The van der Waals surface area contributed by atoms with Gasteiger partial charge in [0.2, 0.25) is 0 Å². The third-order valence-electron chi connectivity index (χ3n) is 2.81. The smallest absolute Gasteiger partial charge is 0.279 e. The van der Waals surface area contributed by atoms with E-state index in [2.05, 4.69) is 0 Å². The number of rotatable bonds is 4. The van der Waals surface area contributed by atoms with Gasteiger partial charge in [-0.3, -0.25) is 0 Å². The fourth-order valence-electron chi connectivity index (χ4n) is 1.32. The van der Waals surface area contributed by atoms with Gasteiger partial charge in [-0.1, -0.05) is 26.0 Å². The lowest BCUT2D eigenvalue weighted by atomic mass is 9.82. The summed E-state index contributed by atoms with van der Waals surface area (Å²) in [6, 6.07) is 6.37. The molecule has 0 aliphatic carbocycles. The second-order valence-corrected chi connectivity index (χ2v) is 5.27. The van der Waals surface area contributed by atoms with Crippen molar-refractivity contribution in [3.63, 3.8) is 0 Å². The number of hydrogen-bond acceptors (Lipinski definition) is 2. The molecule has 0 atom stereocenters. The summed E-state index contributed by atoms with van der Waals surface area (Å²) >= 11 is 1.53. The first-order valence-electron chi connectivity index (χ1n) is 5.07. The van der Waals surface area contributed by atoms with Gasteiger partial charge in [-0.15, -0.1) is 11.8 Å². The summed E-state index contributed by atoms with van der Waals surface area (Å²) < 4.78 is 28.2. The topological polar surface area (TPSA) is 26.0 Å². The van der Waals surface area contributed by atoms with Gasteiger partial charge in [-0.25, -0.2) is 8.78 Å². The van der Waals surface area contributed by atoms with Crippen LogP contribution in [0.25, 0.3) is 0 Å². The third-order valence-corrected chi connectivity index (χ3v) is 3.56. The van der Waals surface area contributed by atoms with Crippen LogP contribution in [0.5, 0.6) is 0 Å². The molecule has 0 aliphatic rings. The maximum Gasteiger partial charge on any atom is 0.279 e. The molecule has 0 aliphatic heterocycles. The highest BCUT2D eigenvalue weighted by atomic mass is 32.2. The molecule has 0 bridgehead atoms. The Morgan fingerprint density at radius 1 is 1.19 bits per heavy atom. The predicted octanol–water partition coefficient (Wildman–Crippen LogP) is 3.49. The van der Waals surface area contributed by atoms with Crippen LogP contribution in [0.2, 0.25) is 0 Å². The van der Waals surface area contributed by atoms with Gasteiger partial charge in [0, 0.05) is 22.4 Å². The van der Waals surface area contributed by atoms with Gasteiger partial charge in [0.05, 0.1) is 0 Å². The summed E-state index contributed by atoms with van der Waals surface area (Å²) in [5, 5.41) is 0. The SMILES string of the molecule is CSc1ccc(C(F)(F)C(C)(C)CN)cc1. The molecular weight excluding hydrogens is 228 g/mol. The Morgan fingerprint density at radius 2 is 1.69 bits per heavy atom. The van der Waals surface area contributed by atoms with Crippen molar-refractivity contribution in [2.45, 2.75) is 24.7 Å². The van der Waals surface area contributed by atoms with Crippen LogP contribution in [0.1, 0.15) is 19.4 Å². The first-order valence-corrected chi connectivity index (χ1v) is 6.30. The van der Waals surface area contributed by atoms with Crippen LogP contribution < -0.4 is 5.73 Å². The highest BCUT2D eigenvalue weighted by molar-refractivity contribution is 7.98.